The number of nitrogens with one attached hydrogen (secondary N) is 2. The molecule has 0 bridgehead atoms. The van der Waals surface area contributed by atoms with E-state index < -0.39 is 0 Å². The molecule has 3 aromatic rings. The van der Waals surface area contributed by atoms with Crippen molar-refractivity contribution < 1.29 is 4.79 Å². The largest absolute Gasteiger partial charge is 0.332 e. The number of fused-ring (bicyclic) bond motifs is 1. The number of aryl methyl sites for hydroxylation is 1. The van der Waals surface area contributed by atoms with E-state index in [0.29, 0.717) is 5.56 Å². The summed E-state index contributed by atoms with van der Waals surface area (Å²) in [5, 5.41) is 7.90. The number of rotatable bonds is 2. The van der Waals surface area contributed by atoms with Gasteiger partial charge in [-0.05, 0) is 54.2 Å². The molecule has 5 heteroatoms. The molecule has 0 saturated heterocycles. The van der Waals surface area contributed by atoms with Crippen LogP contribution in [0, 0.1) is 6.92 Å². The standard InChI is InChI=1S/C19H15BrN2OS/c1-12-8-10-13(11-9-12)21-19(24)22-18(23)16-6-2-5-15-14(16)4-3-7-17(15)20/h2-11H,1H3,(H2,21,22,23,24). The third-order valence-electron chi connectivity index (χ3n) is 3.65. The average molecular weight is 399 g/mol. The molecule has 0 aliphatic rings. The summed E-state index contributed by atoms with van der Waals surface area (Å²) in [6.07, 6.45) is 0. The first-order valence-corrected chi connectivity index (χ1v) is 8.61. The van der Waals surface area contributed by atoms with Gasteiger partial charge >= 0.3 is 0 Å². The van der Waals surface area contributed by atoms with Gasteiger partial charge in [0, 0.05) is 15.7 Å². The van der Waals surface area contributed by atoms with Crippen molar-refractivity contribution in [2.75, 3.05) is 5.32 Å². The van der Waals surface area contributed by atoms with Crippen LogP contribution in [-0.4, -0.2) is 11.0 Å². The monoisotopic (exact) mass is 398 g/mol. The number of carbonyl (C=O) groups excluding carboxylic acids is 1. The molecular formula is C19H15BrN2OS. The molecule has 120 valence electrons. The molecule has 0 spiro atoms. The molecule has 0 heterocycles. The van der Waals surface area contributed by atoms with Crippen LogP contribution in [0.2, 0.25) is 0 Å². The first-order valence-electron chi connectivity index (χ1n) is 7.41. The van der Waals surface area contributed by atoms with Gasteiger partial charge in [-0.1, -0.05) is 57.9 Å². The van der Waals surface area contributed by atoms with Crippen LogP contribution in [0.4, 0.5) is 5.69 Å². The second-order valence-corrected chi connectivity index (χ2v) is 6.68. The molecule has 0 aliphatic heterocycles. The number of carbonyl (C=O) groups is 1. The van der Waals surface area contributed by atoms with E-state index in [2.05, 4.69) is 26.6 Å². The van der Waals surface area contributed by atoms with Crippen LogP contribution >= 0.6 is 28.1 Å². The van der Waals surface area contributed by atoms with Crippen LogP contribution < -0.4 is 10.6 Å². The molecule has 24 heavy (non-hydrogen) atoms. The molecule has 1 amide bonds. The lowest BCUT2D eigenvalue weighted by atomic mass is 10.0. The number of anilines is 1. The molecule has 0 radical (unpaired) electrons. The van der Waals surface area contributed by atoms with Crippen LogP contribution in [-0.2, 0) is 0 Å². The Kier molecular flexibility index (Phi) is 4.92. The number of benzene rings is 3. The van der Waals surface area contributed by atoms with Crippen LogP contribution in [0.1, 0.15) is 15.9 Å². The Morgan fingerprint density at radius 3 is 2.38 bits per heavy atom. The average Bonchev–Trinajstić information content (AvgIpc) is 2.57. The van der Waals surface area contributed by atoms with Crippen molar-refractivity contribution in [2.45, 2.75) is 6.92 Å². The Bertz CT molecular complexity index is 922. The van der Waals surface area contributed by atoms with Crippen molar-refractivity contribution in [1.82, 2.24) is 5.32 Å². The van der Waals surface area contributed by atoms with Crippen molar-refractivity contribution >= 4 is 55.6 Å². The molecule has 3 rings (SSSR count). The van der Waals surface area contributed by atoms with Crippen LogP contribution in [0.25, 0.3) is 10.8 Å². The predicted octanol–water partition coefficient (Wildman–Crippen LogP) is 5.04. The lowest BCUT2D eigenvalue weighted by molar-refractivity contribution is 0.0979. The highest BCUT2D eigenvalue weighted by atomic mass is 79.9. The molecule has 3 aromatic carbocycles. The van der Waals surface area contributed by atoms with Crippen molar-refractivity contribution in [1.29, 1.82) is 0 Å². The van der Waals surface area contributed by atoms with Gasteiger partial charge in [0.15, 0.2) is 5.11 Å². The van der Waals surface area contributed by atoms with Crippen molar-refractivity contribution in [3.8, 4) is 0 Å². The zero-order valence-corrected chi connectivity index (χ0v) is 15.4. The number of thiocarbonyl (C=S) groups is 1. The highest BCUT2D eigenvalue weighted by Gasteiger charge is 2.12. The normalized spacial score (nSPS) is 10.4. The zero-order valence-electron chi connectivity index (χ0n) is 13.0. The fraction of sp³-hybridized carbons (Fsp3) is 0.0526. The number of amides is 1. The Morgan fingerprint density at radius 2 is 1.62 bits per heavy atom. The summed E-state index contributed by atoms with van der Waals surface area (Å²) in [5.41, 5.74) is 2.59. The van der Waals surface area contributed by atoms with Crippen LogP contribution in [0.15, 0.2) is 65.1 Å². The molecule has 0 fully saturated rings. The first-order chi connectivity index (χ1) is 11.5. The van der Waals surface area contributed by atoms with E-state index in [0.717, 1.165) is 26.5 Å². The van der Waals surface area contributed by atoms with Gasteiger partial charge in [-0.3, -0.25) is 10.1 Å². The van der Waals surface area contributed by atoms with Crippen molar-refractivity contribution in [2.24, 2.45) is 0 Å². The summed E-state index contributed by atoms with van der Waals surface area (Å²) in [4.78, 5) is 12.6. The lowest BCUT2D eigenvalue weighted by Crippen LogP contribution is -2.34. The van der Waals surface area contributed by atoms with Gasteiger partial charge in [0.1, 0.15) is 0 Å². The quantitative estimate of drug-likeness (QED) is 0.594. The third kappa shape index (κ3) is 3.63. The predicted molar refractivity (Wildman–Crippen MR) is 107 cm³/mol. The minimum atomic E-state index is -0.233. The third-order valence-corrected chi connectivity index (χ3v) is 4.55. The SMILES string of the molecule is Cc1ccc(NC(=S)NC(=O)c2cccc3c(Br)cccc23)cc1. The smallest absolute Gasteiger partial charge is 0.258 e. The van der Waals surface area contributed by atoms with Crippen molar-refractivity contribution in [3.05, 3.63) is 76.3 Å². The number of halogens is 1. The summed E-state index contributed by atoms with van der Waals surface area (Å²) in [6.45, 7) is 2.02. The maximum absolute atomic E-state index is 12.6. The van der Waals surface area contributed by atoms with E-state index in [-0.39, 0.29) is 11.0 Å². The minimum absolute atomic E-state index is 0.233. The molecule has 0 aliphatic carbocycles. The van der Waals surface area contributed by atoms with Crippen LogP contribution in [0.3, 0.4) is 0 Å². The van der Waals surface area contributed by atoms with E-state index >= 15 is 0 Å². The van der Waals surface area contributed by atoms with Gasteiger partial charge in [0.2, 0.25) is 0 Å². The fourth-order valence-corrected chi connectivity index (χ4v) is 3.15. The van der Waals surface area contributed by atoms with E-state index in [4.69, 9.17) is 12.2 Å². The Labute approximate surface area is 154 Å². The van der Waals surface area contributed by atoms with Crippen molar-refractivity contribution in [3.63, 3.8) is 0 Å². The lowest BCUT2D eigenvalue weighted by Gasteiger charge is -2.11. The molecule has 2 N–H and O–H groups in total. The molecule has 3 nitrogen and oxygen atoms in total. The van der Waals surface area contributed by atoms with E-state index in [1.165, 1.54) is 0 Å². The maximum atomic E-state index is 12.6. The Hall–Kier alpha value is -2.24. The van der Waals surface area contributed by atoms with Gasteiger partial charge in [-0.25, -0.2) is 0 Å². The highest BCUT2D eigenvalue weighted by Crippen LogP contribution is 2.26. The summed E-state index contributed by atoms with van der Waals surface area (Å²) in [5.74, 6) is -0.233. The number of hydrogen-bond donors (Lipinski definition) is 2. The first kappa shape index (κ1) is 16.6. The fourth-order valence-electron chi connectivity index (χ4n) is 2.44. The summed E-state index contributed by atoms with van der Waals surface area (Å²) >= 11 is 8.75. The summed E-state index contributed by atoms with van der Waals surface area (Å²) in [7, 11) is 0. The second-order valence-electron chi connectivity index (χ2n) is 5.41. The van der Waals surface area contributed by atoms with E-state index in [9.17, 15) is 4.79 Å². The molecule has 0 saturated carbocycles. The zero-order chi connectivity index (χ0) is 17.1. The molecule has 0 aromatic heterocycles. The van der Waals surface area contributed by atoms with Gasteiger partial charge < -0.3 is 5.32 Å². The Morgan fingerprint density at radius 1 is 0.958 bits per heavy atom. The van der Waals surface area contributed by atoms with E-state index in [1.807, 2.05) is 61.5 Å². The molecule has 0 unspecified atom stereocenters. The molecular weight excluding hydrogens is 384 g/mol. The highest BCUT2D eigenvalue weighted by molar-refractivity contribution is 9.10. The Balaban J connectivity index is 1.79. The maximum Gasteiger partial charge on any atom is 0.258 e. The van der Waals surface area contributed by atoms with Gasteiger partial charge in [-0.15, -0.1) is 0 Å². The summed E-state index contributed by atoms with van der Waals surface area (Å²) in [6, 6.07) is 19.2. The minimum Gasteiger partial charge on any atom is -0.332 e. The van der Waals surface area contributed by atoms with Gasteiger partial charge in [0.05, 0.1) is 0 Å². The molecule has 0 atom stereocenters. The van der Waals surface area contributed by atoms with Crippen LogP contribution in [0.5, 0.6) is 0 Å². The topological polar surface area (TPSA) is 41.1 Å². The summed E-state index contributed by atoms with van der Waals surface area (Å²) < 4.78 is 0.954. The second kappa shape index (κ2) is 7.11. The van der Waals surface area contributed by atoms with E-state index in [1.54, 1.807) is 6.07 Å². The van der Waals surface area contributed by atoms with Gasteiger partial charge in [-0.2, -0.15) is 0 Å². The number of hydrogen-bond acceptors (Lipinski definition) is 2. The van der Waals surface area contributed by atoms with Gasteiger partial charge in [0.25, 0.3) is 5.91 Å².